The van der Waals surface area contributed by atoms with Gasteiger partial charge in [0.05, 0.1) is 6.54 Å². The number of nitrogens with zero attached hydrogens (tertiary/aromatic N) is 2. The average Bonchev–Trinajstić information content (AvgIpc) is 3.11. The molecule has 2 aromatic heterocycles. The zero-order valence-electron chi connectivity index (χ0n) is 12.0. The molecule has 0 aliphatic rings. The molecular weight excluding hydrogens is 348 g/mol. The smallest absolute Gasteiger partial charge is 0.296 e. The summed E-state index contributed by atoms with van der Waals surface area (Å²) in [5.41, 5.74) is 0.623. The number of hydrogen-bond donors (Lipinski definition) is 0. The molecule has 0 amide bonds. The third-order valence-electron chi connectivity index (χ3n) is 3.37. The van der Waals surface area contributed by atoms with E-state index in [0.29, 0.717) is 16.9 Å². The number of hydrogen-bond acceptors (Lipinski definition) is 4. The van der Waals surface area contributed by atoms with Gasteiger partial charge in [-0.2, -0.15) is 13.2 Å². The van der Waals surface area contributed by atoms with Crippen LogP contribution in [0.2, 0.25) is 0 Å². The van der Waals surface area contributed by atoms with Gasteiger partial charge in [0.1, 0.15) is 10.7 Å². The second-order valence-corrected chi connectivity index (χ2v) is 5.94. The van der Waals surface area contributed by atoms with E-state index in [1.807, 2.05) is 0 Å². The Kier molecular flexibility index (Phi) is 4.27. The zero-order chi connectivity index (χ0) is 17.3. The second kappa shape index (κ2) is 6.23. The van der Waals surface area contributed by atoms with Gasteiger partial charge >= 0.3 is 11.9 Å². The molecule has 4 nitrogen and oxygen atoms in total. The predicted molar refractivity (Wildman–Crippen MR) is 78.4 cm³/mol. The van der Waals surface area contributed by atoms with Gasteiger partial charge in [-0.15, -0.1) is 11.3 Å². The standard InChI is InChI=1S/C15H10F4N2O2S/c16-11-3-1-9(2-4-11)7-12-20-23-14(22)21(12)8-10-5-6-24-13(10)15(17,18)19/h1-6H,7-8H2. The summed E-state index contributed by atoms with van der Waals surface area (Å²) in [6, 6.07) is 6.82. The molecule has 126 valence electrons. The maximum absolute atomic E-state index is 12.9. The first-order valence-electron chi connectivity index (χ1n) is 6.78. The van der Waals surface area contributed by atoms with Crippen molar-refractivity contribution in [3.8, 4) is 0 Å². The lowest BCUT2D eigenvalue weighted by atomic mass is 10.1. The monoisotopic (exact) mass is 358 g/mol. The Hall–Kier alpha value is -2.42. The summed E-state index contributed by atoms with van der Waals surface area (Å²) in [4.78, 5) is 11.0. The van der Waals surface area contributed by atoms with E-state index in [1.165, 1.54) is 35.7 Å². The Bertz CT molecular complexity index is 893. The molecule has 2 heterocycles. The fraction of sp³-hybridized carbons (Fsp3) is 0.200. The lowest BCUT2D eigenvalue weighted by Crippen LogP contribution is -2.19. The minimum atomic E-state index is -4.48. The number of aromatic nitrogens is 2. The zero-order valence-corrected chi connectivity index (χ0v) is 12.8. The van der Waals surface area contributed by atoms with Crippen molar-refractivity contribution in [2.75, 3.05) is 0 Å². The summed E-state index contributed by atoms with van der Waals surface area (Å²) in [7, 11) is 0. The van der Waals surface area contributed by atoms with Crippen LogP contribution in [0.1, 0.15) is 21.8 Å². The molecule has 1 aromatic carbocycles. The van der Waals surface area contributed by atoms with Crippen molar-refractivity contribution >= 4 is 11.3 Å². The van der Waals surface area contributed by atoms with Gasteiger partial charge in [-0.05, 0) is 34.7 Å². The molecule has 0 atom stereocenters. The van der Waals surface area contributed by atoms with Crippen molar-refractivity contribution in [2.24, 2.45) is 0 Å². The van der Waals surface area contributed by atoms with Gasteiger partial charge in [0, 0.05) is 6.42 Å². The van der Waals surface area contributed by atoms with Crippen LogP contribution in [0.3, 0.4) is 0 Å². The normalized spacial score (nSPS) is 11.8. The number of benzene rings is 1. The van der Waals surface area contributed by atoms with E-state index in [0.717, 1.165) is 4.57 Å². The van der Waals surface area contributed by atoms with E-state index in [-0.39, 0.29) is 24.4 Å². The third kappa shape index (κ3) is 3.40. The first-order chi connectivity index (χ1) is 11.3. The number of rotatable bonds is 4. The maximum atomic E-state index is 12.9. The second-order valence-electron chi connectivity index (χ2n) is 5.03. The molecule has 0 spiro atoms. The van der Waals surface area contributed by atoms with Crippen LogP contribution in [-0.4, -0.2) is 9.72 Å². The van der Waals surface area contributed by atoms with Gasteiger partial charge in [-0.1, -0.05) is 17.3 Å². The van der Waals surface area contributed by atoms with Gasteiger partial charge in [0.2, 0.25) is 0 Å². The fourth-order valence-corrected chi connectivity index (χ4v) is 3.03. The highest BCUT2D eigenvalue weighted by molar-refractivity contribution is 7.10. The number of thiophene rings is 1. The van der Waals surface area contributed by atoms with E-state index in [1.54, 1.807) is 0 Å². The Morgan fingerprint density at radius 1 is 1.17 bits per heavy atom. The molecule has 0 unspecified atom stereocenters. The minimum Gasteiger partial charge on any atom is -0.296 e. The van der Waals surface area contributed by atoms with E-state index < -0.39 is 22.6 Å². The van der Waals surface area contributed by atoms with Crippen LogP contribution in [0, 0.1) is 5.82 Å². The quantitative estimate of drug-likeness (QED) is 0.668. The van der Waals surface area contributed by atoms with Crippen LogP contribution in [0.4, 0.5) is 17.6 Å². The largest absolute Gasteiger partial charge is 0.441 e. The highest BCUT2D eigenvalue weighted by atomic mass is 32.1. The molecule has 0 bridgehead atoms. The van der Waals surface area contributed by atoms with Gasteiger partial charge < -0.3 is 0 Å². The Morgan fingerprint density at radius 2 is 1.88 bits per heavy atom. The van der Waals surface area contributed by atoms with Crippen LogP contribution in [0.5, 0.6) is 0 Å². The summed E-state index contributed by atoms with van der Waals surface area (Å²) < 4.78 is 57.4. The van der Waals surface area contributed by atoms with E-state index >= 15 is 0 Å². The molecular formula is C15H10F4N2O2S. The van der Waals surface area contributed by atoms with Crippen molar-refractivity contribution < 1.29 is 22.1 Å². The van der Waals surface area contributed by atoms with Gasteiger partial charge in [-0.25, -0.2) is 9.18 Å². The highest BCUT2D eigenvalue weighted by Gasteiger charge is 2.35. The summed E-state index contributed by atoms with van der Waals surface area (Å²) in [6.45, 7) is -0.294. The van der Waals surface area contributed by atoms with Gasteiger partial charge in [0.15, 0.2) is 5.82 Å². The molecule has 3 aromatic rings. The average molecular weight is 358 g/mol. The SMILES string of the molecule is O=c1onc(Cc2ccc(F)cc2)n1Cc1ccsc1C(F)(F)F. The topological polar surface area (TPSA) is 48.0 Å². The Balaban J connectivity index is 1.90. The summed E-state index contributed by atoms with van der Waals surface area (Å²) in [5.74, 6) is -1.08. The van der Waals surface area contributed by atoms with Crippen molar-refractivity contribution in [1.82, 2.24) is 9.72 Å². The summed E-state index contributed by atoms with van der Waals surface area (Å²) >= 11 is 0.563. The van der Waals surface area contributed by atoms with Crippen molar-refractivity contribution in [1.29, 1.82) is 0 Å². The fourth-order valence-electron chi connectivity index (χ4n) is 2.24. The van der Waals surface area contributed by atoms with E-state index in [2.05, 4.69) is 9.68 Å². The van der Waals surface area contributed by atoms with Gasteiger partial charge in [-0.3, -0.25) is 9.09 Å². The molecule has 0 aliphatic carbocycles. The summed E-state index contributed by atoms with van der Waals surface area (Å²) in [5, 5.41) is 4.93. The van der Waals surface area contributed by atoms with Crippen LogP contribution in [-0.2, 0) is 19.1 Å². The van der Waals surface area contributed by atoms with Crippen molar-refractivity contribution in [3.63, 3.8) is 0 Å². The third-order valence-corrected chi connectivity index (χ3v) is 4.37. The lowest BCUT2D eigenvalue weighted by molar-refractivity contribution is -0.134. The molecule has 0 aliphatic heterocycles. The lowest BCUT2D eigenvalue weighted by Gasteiger charge is -2.09. The van der Waals surface area contributed by atoms with Crippen LogP contribution in [0.25, 0.3) is 0 Å². The molecule has 9 heteroatoms. The molecule has 0 saturated carbocycles. The van der Waals surface area contributed by atoms with Crippen molar-refractivity contribution in [2.45, 2.75) is 19.1 Å². The van der Waals surface area contributed by atoms with Crippen LogP contribution < -0.4 is 5.76 Å². The summed E-state index contributed by atoms with van der Waals surface area (Å²) in [6.07, 6.45) is -4.35. The van der Waals surface area contributed by atoms with Crippen LogP contribution >= 0.6 is 11.3 Å². The van der Waals surface area contributed by atoms with Crippen LogP contribution in [0.15, 0.2) is 45.0 Å². The molecule has 0 saturated heterocycles. The number of halogens is 4. The highest BCUT2D eigenvalue weighted by Crippen LogP contribution is 2.36. The molecule has 24 heavy (non-hydrogen) atoms. The van der Waals surface area contributed by atoms with E-state index in [4.69, 9.17) is 0 Å². The minimum absolute atomic E-state index is 0.0295. The first-order valence-corrected chi connectivity index (χ1v) is 7.66. The maximum Gasteiger partial charge on any atom is 0.441 e. The first kappa shape index (κ1) is 16.4. The van der Waals surface area contributed by atoms with E-state index in [9.17, 15) is 22.4 Å². The Labute approximate surface area is 136 Å². The predicted octanol–water partition coefficient (Wildman–Crippen LogP) is 3.69. The molecule has 0 radical (unpaired) electrons. The van der Waals surface area contributed by atoms with Gasteiger partial charge in [0.25, 0.3) is 0 Å². The number of alkyl halides is 3. The van der Waals surface area contributed by atoms with Crippen molar-refractivity contribution in [3.05, 3.63) is 73.9 Å². The molecule has 0 fully saturated rings. The Morgan fingerprint density at radius 3 is 2.54 bits per heavy atom. The molecule has 0 N–H and O–H groups in total. The molecule has 3 rings (SSSR count).